The molecule has 0 spiro atoms. The van der Waals surface area contributed by atoms with Gasteiger partial charge in [0, 0.05) is 42.8 Å². The normalized spacial score (nSPS) is 14.9. The Morgan fingerprint density at radius 2 is 1.74 bits per heavy atom. The average Bonchev–Trinajstić information content (AvgIpc) is 3.14. The Kier molecular flexibility index (Phi) is 3.69. The molecular weight excluding hydrogens is 294 g/mol. The van der Waals surface area contributed by atoms with Crippen molar-refractivity contribution in [1.82, 2.24) is 20.1 Å². The molecule has 1 aliphatic heterocycles. The molecule has 4 rings (SSSR count). The van der Waals surface area contributed by atoms with Gasteiger partial charge in [-0.2, -0.15) is 4.98 Å². The Hall–Kier alpha value is -2.80. The predicted octanol–water partition coefficient (Wildman–Crippen LogP) is 2.03. The van der Waals surface area contributed by atoms with Crippen LogP contribution in [0, 0.1) is 0 Å². The van der Waals surface area contributed by atoms with Crippen molar-refractivity contribution in [3.63, 3.8) is 0 Å². The van der Waals surface area contributed by atoms with E-state index in [1.807, 2.05) is 24.3 Å². The third-order valence-electron chi connectivity index (χ3n) is 3.69. The lowest BCUT2D eigenvalue weighted by atomic mass is 10.2. The second kappa shape index (κ2) is 6.13. The molecule has 1 saturated heterocycles. The number of aromatic nitrogens is 4. The summed E-state index contributed by atoms with van der Waals surface area (Å²) in [6.45, 7) is 3.12. The van der Waals surface area contributed by atoms with Crippen molar-refractivity contribution in [2.75, 3.05) is 31.2 Å². The van der Waals surface area contributed by atoms with Crippen molar-refractivity contribution in [1.29, 1.82) is 0 Å². The minimum Gasteiger partial charge on any atom is -0.378 e. The van der Waals surface area contributed by atoms with Gasteiger partial charge in [0.15, 0.2) is 0 Å². The summed E-state index contributed by atoms with van der Waals surface area (Å²) in [5.74, 6) is 1.93. The Bertz CT molecular complexity index is 784. The van der Waals surface area contributed by atoms with Crippen LogP contribution in [0.5, 0.6) is 0 Å². The van der Waals surface area contributed by atoms with Crippen LogP contribution >= 0.6 is 0 Å². The highest BCUT2D eigenvalue weighted by molar-refractivity contribution is 5.62. The topological polar surface area (TPSA) is 77.2 Å². The lowest BCUT2D eigenvalue weighted by Crippen LogP contribution is -2.36. The van der Waals surface area contributed by atoms with Crippen molar-refractivity contribution in [3.8, 4) is 22.8 Å². The zero-order chi connectivity index (χ0) is 15.5. The van der Waals surface area contributed by atoms with Crippen molar-refractivity contribution >= 4 is 5.82 Å². The minimum atomic E-state index is 0.479. The van der Waals surface area contributed by atoms with Crippen LogP contribution in [0.1, 0.15) is 0 Å². The number of rotatable bonds is 3. The molecule has 0 aromatic carbocycles. The third kappa shape index (κ3) is 2.91. The van der Waals surface area contributed by atoms with Gasteiger partial charge in [0.25, 0.3) is 5.89 Å². The molecule has 0 aliphatic carbocycles. The maximum Gasteiger partial charge on any atom is 0.258 e. The molecule has 7 heteroatoms. The number of morpholine rings is 1. The van der Waals surface area contributed by atoms with Crippen LogP contribution in [0.4, 0.5) is 5.82 Å². The number of pyridine rings is 2. The molecule has 116 valence electrons. The number of hydrogen-bond acceptors (Lipinski definition) is 7. The van der Waals surface area contributed by atoms with Crippen LogP contribution < -0.4 is 4.90 Å². The highest BCUT2D eigenvalue weighted by Gasteiger charge is 2.15. The Morgan fingerprint density at radius 1 is 0.957 bits per heavy atom. The fourth-order valence-electron chi connectivity index (χ4n) is 2.48. The smallest absolute Gasteiger partial charge is 0.258 e. The van der Waals surface area contributed by atoms with Crippen LogP contribution in [0.2, 0.25) is 0 Å². The fourth-order valence-corrected chi connectivity index (χ4v) is 2.48. The van der Waals surface area contributed by atoms with E-state index in [0.717, 1.165) is 43.2 Å². The van der Waals surface area contributed by atoms with Crippen LogP contribution in [0.3, 0.4) is 0 Å². The van der Waals surface area contributed by atoms with Gasteiger partial charge in [0.1, 0.15) is 5.82 Å². The molecule has 0 radical (unpaired) electrons. The molecule has 3 aromatic rings. The lowest BCUT2D eigenvalue weighted by Gasteiger charge is -2.27. The summed E-state index contributed by atoms with van der Waals surface area (Å²) in [4.78, 5) is 15.1. The zero-order valence-electron chi connectivity index (χ0n) is 12.4. The molecule has 0 atom stereocenters. The van der Waals surface area contributed by atoms with E-state index in [4.69, 9.17) is 9.26 Å². The van der Waals surface area contributed by atoms with E-state index in [0.29, 0.717) is 11.7 Å². The van der Waals surface area contributed by atoms with Gasteiger partial charge in [0.05, 0.1) is 13.2 Å². The Morgan fingerprint density at radius 3 is 2.57 bits per heavy atom. The summed E-state index contributed by atoms with van der Waals surface area (Å²) < 4.78 is 10.7. The van der Waals surface area contributed by atoms with Gasteiger partial charge in [-0.3, -0.25) is 4.98 Å². The predicted molar refractivity (Wildman–Crippen MR) is 83.8 cm³/mol. The molecule has 23 heavy (non-hydrogen) atoms. The second-order valence-corrected chi connectivity index (χ2v) is 5.16. The third-order valence-corrected chi connectivity index (χ3v) is 3.69. The summed E-state index contributed by atoms with van der Waals surface area (Å²) in [5.41, 5.74) is 1.73. The molecule has 1 fully saturated rings. The SMILES string of the molecule is c1cc(-c2nc(-c3ccnc(N4CCOCC4)c3)no2)ccn1. The van der Waals surface area contributed by atoms with Crippen molar-refractivity contribution in [2.24, 2.45) is 0 Å². The Labute approximate surface area is 132 Å². The molecule has 0 amide bonds. The largest absolute Gasteiger partial charge is 0.378 e. The maximum atomic E-state index is 5.37. The molecule has 0 saturated carbocycles. The molecule has 3 aromatic heterocycles. The van der Waals surface area contributed by atoms with Gasteiger partial charge in [-0.05, 0) is 24.3 Å². The molecule has 7 nitrogen and oxygen atoms in total. The first-order valence-corrected chi connectivity index (χ1v) is 7.43. The standard InChI is InChI=1S/C16H15N5O2/c1-4-17-5-2-12(1)16-19-15(20-23-16)13-3-6-18-14(11-13)21-7-9-22-10-8-21/h1-6,11H,7-10H2. The lowest BCUT2D eigenvalue weighted by molar-refractivity contribution is 0.122. The van der Waals surface area contributed by atoms with E-state index in [-0.39, 0.29) is 0 Å². The average molecular weight is 309 g/mol. The molecular formula is C16H15N5O2. The van der Waals surface area contributed by atoms with Gasteiger partial charge >= 0.3 is 0 Å². The van der Waals surface area contributed by atoms with Gasteiger partial charge in [-0.15, -0.1) is 0 Å². The molecule has 4 heterocycles. The summed E-state index contributed by atoms with van der Waals surface area (Å²) in [6, 6.07) is 7.53. The molecule has 0 N–H and O–H groups in total. The zero-order valence-corrected chi connectivity index (χ0v) is 12.4. The highest BCUT2D eigenvalue weighted by Crippen LogP contribution is 2.24. The van der Waals surface area contributed by atoms with Gasteiger partial charge < -0.3 is 14.2 Å². The number of ether oxygens (including phenoxy) is 1. The molecule has 1 aliphatic rings. The first kappa shape index (κ1) is 13.8. The second-order valence-electron chi connectivity index (χ2n) is 5.16. The van der Waals surface area contributed by atoms with E-state index in [9.17, 15) is 0 Å². The summed E-state index contributed by atoms with van der Waals surface area (Å²) in [5, 5.41) is 4.07. The first-order valence-electron chi connectivity index (χ1n) is 7.43. The van der Waals surface area contributed by atoms with E-state index in [2.05, 4.69) is 25.0 Å². The molecule has 0 bridgehead atoms. The number of hydrogen-bond donors (Lipinski definition) is 0. The van der Waals surface area contributed by atoms with E-state index in [1.54, 1.807) is 18.6 Å². The highest BCUT2D eigenvalue weighted by atomic mass is 16.5. The number of nitrogens with zero attached hydrogens (tertiary/aromatic N) is 5. The summed E-state index contributed by atoms with van der Waals surface area (Å²) in [7, 11) is 0. The van der Waals surface area contributed by atoms with E-state index < -0.39 is 0 Å². The summed E-state index contributed by atoms with van der Waals surface area (Å²) in [6.07, 6.45) is 5.16. The quantitative estimate of drug-likeness (QED) is 0.732. The van der Waals surface area contributed by atoms with Gasteiger partial charge in [0.2, 0.25) is 5.82 Å². The van der Waals surface area contributed by atoms with Crippen LogP contribution in [-0.2, 0) is 4.74 Å². The summed E-state index contributed by atoms with van der Waals surface area (Å²) >= 11 is 0. The van der Waals surface area contributed by atoms with Crippen LogP contribution in [-0.4, -0.2) is 46.4 Å². The Balaban J connectivity index is 1.62. The maximum absolute atomic E-state index is 5.37. The number of anilines is 1. The van der Waals surface area contributed by atoms with Crippen LogP contribution in [0.15, 0.2) is 47.4 Å². The van der Waals surface area contributed by atoms with E-state index >= 15 is 0 Å². The van der Waals surface area contributed by atoms with E-state index in [1.165, 1.54) is 0 Å². The van der Waals surface area contributed by atoms with Gasteiger partial charge in [-0.1, -0.05) is 5.16 Å². The monoisotopic (exact) mass is 309 g/mol. The fraction of sp³-hybridized carbons (Fsp3) is 0.250. The minimum absolute atomic E-state index is 0.479. The first-order chi connectivity index (χ1) is 11.4. The molecule has 0 unspecified atom stereocenters. The van der Waals surface area contributed by atoms with Crippen molar-refractivity contribution in [3.05, 3.63) is 42.9 Å². The van der Waals surface area contributed by atoms with Crippen molar-refractivity contribution < 1.29 is 9.26 Å². The van der Waals surface area contributed by atoms with Crippen LogP contribution in [0.25, 0.3) is 22.8 Å². The van der Waals surface area contributed by atoms with Gasteiger partial charge in [-0.25, -0.2) is 4.98 Å². The van der Waals surface area contributed by atoms with Crippen molar-refractivity contribution in [2.45, 2.75) is 0 Å².